The van der Waals surface area contributed by atoms with Crippen LogP contribution in [0.2, 0.25) is 0 Å². The number of aromatic nitrogens is 1. The lowest BCUT2D eigenvalue weighted by Crippen LogP contribution is -2.42. The Hall–Kier alpha value is -2.83. The van der Waals surface area contributed by atoms with Crippen LogP contribution in [-0.4, -0.2) is 42.4 Å². The summed E-state index contributed by atoms with van der Waals surface area (Å²) in [6.07, 6.45) is 1.46. The van der Waals surface area contributed by atoms with Crippen molar-refractivity contribution in [2.24, 2.45) is 0 Å². The Kier molecular flexibility index (Phi) is 5.00. The SMILES string of the molecule is CCOC(=O)[C@@H](C)NC(=O)C(=O)c1c[nH]c2ccc(OC)cc12. The summed E-state index contributed by atoms with van der Waals surface area (Å²) in [7, 11) is 1.52. The second kappa shape index (κ2) is 6.95. The van der Waals surface area contributed by atoms with Crippen LogP contribution in [0.25, 0.3) is 10.9 Å². The summed E-state index contributed by atoms with van der Waals surface area (Å²) in [5, 5.41) is 2.91. The van der Waals surface area contributed by atoms with Crippen molar-refractivity contribution in [1.82, 2.24) is 10.3 Å². The molecule has 1 heterocycles. The number of nitrogens with one attached hydrogen (secondary N) is 2. The van der Waals surface area contributed by atoms with Crippen molar-refractivity contribution >= 4 is 28.6 Å². The highest BCUT2D eigenvalue weighted by Crippen LogP contribution is 2.24. The summed E-state index contributed by atoms with van der Waals surface area (Å²) in [5.41, 5.74) is 0.924. The minimum absolute atomic E-state index is 0.204. The number of carbonyl (C=O) groups is 3. The number of hydrogen-bond donors (Lipinski definition) is 2. The van der Waals surface area contributed by atoms with Crippen molar-refractivity contribution in [2.45, 2.75) is 19.9 Å². The monoisotopic (exact) mass is 318 g/mol. The molecule has 1 amide bonds. The summed E-state index contributed by atoms with van der Waals surface area (Å²) >= 11 is 0. The van der Waals surface area contributed by atoms with Crippen molar-refractivity contribution < 1.29 is 23.9 Å². The predicted molar refractivity (Wildman–Crippen MR) is 83.4 cm³/mol. The Balaban J connectivity index is 2.19. The molecule has 0 radical (unpaired) electrons. The van der Waals surface area contributed by atoms with Crippen LogP contribution in [-0.2, 0) is 14.3 Å². The van der Waals surface area contributed by atoms with E-state index in [-0.39, 0.29) is 12.2 Å². The Morgan fingerprint density at radius 3 is 2.70 bits per heavy atom. The number of hydrogen-bond acceptors (Lipinski definition) is 5. The zero-order valence-electron chi connectivity index (χ0n) is 13.1. The van der Waals surface area contributed by atoms with E-state index in [1.807, 2.05) is 0 Å². The maximum absolute atomic E-state index is 12.3. The van der Waals surface area contributed by atoms with Crippen LogP contribution in [0.3, 0.4) is 0 Å². The fourth-order valence-electron chi connectivity index (χ4n) is 2.13. The maximum Gasteiger partial charge on any atom is 0.328 e. The van der Waals surface area contributed by atoms with E-state index in [1.165, 1.54) is 20.2 Å². The van der Waals surface area contributed by atoms with Gasteiger partial charge in [0.05, 0.1) is 19.3 Å². The Labute approximate surface area is 133 Å². The largest absolute Gasteiger partial charge is 0.497 e. The third kappa shape index (κ3) is 3.50. The molecule has 0 aliphatic heterocycles. The number of rotatable bonds is 6. The van der Waals surface area contributed by atoms with E-state index in [1.54, 1.807) is 25.1 Å². The zero-order chi connectivity index (χ0) is 17.0. The molecule has 0 saturated heterocycles. The first-order valence-electron chi connectivity index (χ1n) is 7.14. The van der Waals surface area contributed by atoms with Crippen LogP contribution >= 0.6 is 0 Å². The number of esters is 1. The van der Waals surface area contributed by atoms with Gasteiger partial charge in [-0.3, -0.25) is 9.59 Å². The first-order chi connectivity index (χ1) is 11.0. The van der Waals surface area contributed by atoms with Gasteiger partial charge in [-0.25, -0.2) is 4.79 Å². The second-order valence-electron chi connectivity index (χ2n) is 4.89. The first-order valence-corrected chi connectivity index (χ1v) is 7.14. The molecule has 1 aromatic carbocycles. The van der Waals surface area contributed by atoms with E-state index < -0.39 is 23.7 Å². The molecule has 122 valence electrons. The molecule has 2 aromatic rings. The fourth-order valence-corrected chi connectivity index (χ4v) is 2.13. The average Bonchev–Trinajstić information content (AvgIpc) is 2.96. The van der Waals surface area contributed by atoms with Gasteiger partial charge in [-0.15, -0.1) is 0 Å². The molecule has 1 aromatic heterocycles. The van der Waals surface area contributed by atoms with Crippen molar-refractivity contribution in [1.29, 1.82) is 0 Å². The number of methoxy groups -OCH3 is 1. The van der Waals surface area contributed by atoms with Gasteiger partial charge in [-0.2, -0.15) is 0 Å². The highest BCUT2D eigenvalue weighted by Gasteiger charge is 2.24. The molecule has 2 rings (SSSR count). The van der Waals surface area contributed by atoms with Gasteiger partial charge in [0.15, 0.2) is 0 Å². The summed E-state index contributed by atoms with van der Waals surface area (Å²) in [6, 6.07) is 4.27. The van der Waals surface area contributed by atoms with E-state index in [0.29, 0.717) is 16.7 Å². The van der Waals surface area contributed by atoms with Crippen molar-refractivity contribution in [3.8, 4) is 5.75 Å². The highest BCUT2D eigenvalue weighted by molar-refractivity contribution is 6.45. The lowest BCUT2D eigenvalue weighted by Gasteiger charge is -2.11. The van der Waals surface area contributed by atoms with Crippen LogP contribution < -0.4 is 10.1 Å². The van der Waals surface area contributed by atoms with Crippen molar-refractivity contribution in [3.05, 3.63) is 30.0 Å². The second-order valence-corrected chi connectivity index (χ2v) is 4.89. The van der Waals surface area contributed by atoms with Gasteiger partial charge < -0.3 is 19.8 Å². The third-order valence-corrected chi connectivity index (χ3v) is 3.33. The lowest BCUT2D eigenvalue weighted by molar-refractivity contribution is -0.146. The number of Topliss-reactive ketones (excluding diaryl/α,β-unsaturated/α-hetero) is 1. The number of H-pyrrole nitrogens is 1. The smallest absolute Gasteiger partial charge is 0.328 e. The van der Waals surface area contributed by atoms with Crippen LogP contribution in [0.15, 0.2) is 24.4 Å². The number of benzene rings is 1. The summed E-state index contributed by atoms with van der Waals surface area (Å²) in [4.78, 5) is 38.8. The van der Waals surface area contributed by atoms with Crippen LogP contribution in [0.1, 0.15) is 24.2 Å². The predicted octanol–water partition coefficient (Wildman–Crippen LogP) is 1.43. The number of carbonyl (C=O) groups excluding carboxylic acids is 3. The Morgan fingerprint density at radius 2 is 2.04 bits per heavy atom. The average molecular weight is 318 g/mol. The van der Waals surface area contributed by atoms with E-state index in [4.69, 9.17) is 9.47 Å². The molecule has 0 saturated carbocycles. The third-order valence-electron chi connectivity index (χ3n) is 3.33. The van der Waals surface area contributed by atoms with Gasteiger partial charge in [0.1, 0.15) is 11.8 Å². The van der Waals surface area contributed by atoms with E-state index >= 15 is 0 Å². The van der Waals surface area contributed by atoms with E-state index in [0.717, 1.165) is 0 Å². The fraction of sp³-hybridized carbons (Fsp3) is 0.312. The molecule has 0 spiro atoms. The molecular weight excluding hydrogens is 300 g/mol. The molecule has 0 aliphatic rings. The number of ketones is 1. The quantitative estimate of drug-likeness (QED) is 0.477. The van der Waals surface area contributed by atoms with Crippen molar-refractivity contribution in [2.75, 3.05) is 13.7 Å². The molecule has 0 unspecified atom stereocenters. The van der Waals surface area contributed by atoms with E-state index in [9.17, 15) is 14.4 Å². The molecule has 7 heteroatoms. The van der Waals surface area contributed by atoms with Gasteiger partial charge in [0.25, 0.3) is 11.7 Å². The summed E-state index contributed by atoms with van der Waals surface area (Å²) in [5.74, 6) is -1.62. The van der Waals surface area contributed by atoms with Gasteiger partial charge in [-0.05, 0) is 32.0 Å². The topological polar surface area (TPSA) is 97.5 Å². The van der Waals surface area contributed by atoms with Crippen LogP contribution in [0.5, 0.6) is 5.75 Å². The number of fused-ring (bicyclic) bond motifs is 1. The molecule has 2 N–H and O–H groups in total. The minimum atomic E-state index is -0.897. The summed E-state index contributed by atoms with van der Waals surface area (Å²) in [6.45, 7) is 3.33. The van der Waals surface area contributed by atoms with Crippen LogP contribution in [0.4, 0.5) is 0 Å². The van der Waals surface area contributed by atoms with Gasteiger partial charge in [0, 0.05) is 17.1 Å². The standard InChI is InChI=1S/C16H18N2O5/c1-4-23-16(21)9(2)18-15(20)14(19)12-8-17-13-6-5-10(22-3)7-11(12)13/h5-9,17H,4H2,1-3H3,(H,18,20)/t9-/m1/s1. The normalized spacial score (nSPS) is 11.8. The molecule has 0 bridgehead atoms. The van der Waals surface area contributed by atoms with Gasteiger partial charge in [0.2, 0.25) is 0 Å². The van der Waals surface area contributed by atoms with Gasteiger partial charge >= 0.3 is 5.97 Å². The number of aromatic amines is 1. The maximum atomic E-state index is 12.3. The van der Waals surface area contributed by atoms with E-state index in [2.05, 4.69) is 10.3 Å². The summed E-state index contributed by atoms with van der Waals surface area (Å²) < 4.78 is 9.91. The number of amides is 1. The minimum Gasteiger partial charge on any atom is -0.497 e. The molecule has 0 aliphatic carbocycles. The Bertz CT molecular complexity index is 750. The molecule has 7 nitrogen and oxygen atoms in total. The first kappa shape index (κ1) is 16.5. The van der Waals surface area contributed by atoms with Crippen molar-refractivity contribution in [3.63, 3.8) is 0 Å². The van der Waals surface area contributed by atoms with Crippen LogP contribution in [0, 0.1) is 0 Å². The molecule has 1 atom stereocenters. The number of ether oxygens (including phenoxy) is 2. The highest BCUT2D eigenvalue weighted by atomic mass is 16.5. The molecule has 0 fully saturated rings. The molecular formula is C16H18N2O5. The lowest BCUT2D eigenvalue weighted by atomic mass is 10.1. The Morgan fingerprint density at radius 1 is 1.30 bits per heavy atom. The zero-order valence-corrected chi connectivity index (χ0v) is 13.1. The molecule has 23 heavy (non-hydrogen) atoms. The van der Waals surface area contributed by atoms with Gasteiger partial charge in [-0.1, -0.05) is 0 Å².